The molecule has 1 aromatic heterocycles. The topological polar surface area (TPSA) is 107 Å². The third kappa shape index (κ3) is 5.45. The van der Waals surface area contributed by atoms with E-state index in [2.05, 4.69) is 11.9 Å². The summed E-state index contributed by atoms with van der Waals surface area (Å²) in [6.45, 7) is 5.83. The molecule has 9 heteroatoms. The first-order valence-corrected chi connectivity index (χ1v) is 13.5. The number of nitrogens with zero attached hydrogens (tertiary/aromatic N) is 2. The van der Waals surface area contributed by atoms with Gasteiger partial charge >= 0.3 is 0 Å². The first-order chi connectivity index (χ1) is 19.5. The lowest BCUT2D eigenvalue weighted by Gasteiger charge is -2.26. The zero-order chi connectivity index (χ0) is 28.1. The number of carbonyl (C=O) groups excluding carboxylic acids is 2. The van der Waals surface area contributed by atoms with Crippen LogP contribution in [0.4, 0.5) is 0 Å². The molecule has 208 valence electrons. The molecule has 0 radical (unpaired) electrons. The first kappa shape index (κ1) is 27.1. The smallest absolute Gasteiger partial charge is 0.295 e. The Labute approximate surface area is 233 Å². The highest BCUT2D eigenvalue weighted by atomic mass is 16.6. The van der Waals surface area contributed by atoms with E-state index in [1.807, 2.05) is 13.0 Å². The average Bonchev–Trinajstić information content (AvgIpc) is 3.23. The number of rotatable bonds is 10. The van der Waals surface area contributed by atoms with E-state index in [1.165, 1.54) is 4.90 Å². The Balaban J connectivity index is 1.61. The van der Waals surface area contributed by atoms with Gasteiger partial charge in [0.15, 0.2) is 23.0 Å². The van der Waals surface area contributed by atoms with Crippen LogP contribution < -0.4 is 18.9 Å². The van der Waals surface area contributed by atoms with E-state index >= 15 is 0 Å². The maximum absolute atomic E-state index is 13.5. The summed E-state index contributed by atoms with van der Waals surface area (Å²) in [6, 6.07) is 13.0. The molecule has 0 saturated carbocycles. The Morgan fingerprint density at radius 1 is 1.02 bits per heavy atom. The van der Waals surface area contributed by atoms with Crippen molar-refractivity contribution in [3.05, 3.63) is 83.2 Å². The van der Waals surface area contributed by atoms with Crippen molar-refractivity contribution in [3.63, 3.8) is 0 Å². The SMILES string of the molecule is CCCCOc1ccc([C@H]2C(=C(O)c3ccc4c(c3)OCCO4)C(=O)C(=O)N2Cc2cccnc2)cc1OCC. The lowest BCUT2D eigenvalue weighted by atomic mass is 9.94. The van der Waals surface area contributed by atoms with Crippen LogP contribution in [-0.4, -0.2) is 53.1 Å². The molecule has 1 fully saturated rings. The fourth-order valence-corrected chi connectivity index (χ4v) is 4.83. The largest absolute Gasteiger partial charge is 0.507 e. The molecule has 3 aromatic rings. The highest BCUT2D eigenvalue weighted by Gasteiger charge is 2.46. The van der Waals surface area contributed by atoms with Crippen molar-refractivity contribution in [2.45, 2.75) is 39.3 Å². The fraction of sp³-hybridized carbons (Fsp3) is 0.323. The van der Waals surface area contributed by atoms with Crippen LogP contribution in [-0.2, 0) is 16.1 Å². The second-order valence-electron chi connectivity index (χ2n) is 9.49. The van der Waals surface area contributed by atoms with Crippen molar-refractivity contribution >= 4 is 17.4 Å². The quantitative estimate of drug-likeness (QED) is 0.164. The number of ketones is 1. The number of unbranched alkanes of at least 4 members (excludes halogenated alkanes) is 1. The van der Waals surface area contributed by atoms with Crippen molar-refractivity contribution < 1.29 is 33.6 Å². The van der Waals surface area contributed by atoms with Crippen LogP contribution in [0.1, 0.15) is 49.4 Å². The van der Waals surface area contributed by atoms with Gasteiger partial charge in [0, 0.05) is 24.5 Å². The number of benzene rings is 2. The number of ether oxygens (including phenoxy) is 4. The number of hydrogen-bond acceptors (Lipinski definition) is 8. The zero-order valence-electron chi connectivity index (χ0n) is 22.6. The summed E-state index contributed by atoms with van der Waals surface area (Å²) in [5.41, 5.74) is 1.68. The molecule has 1 amide bonds. The number of aliphatic hydroxyl groups is 1. The van der Waals surface area contributed by atoms with E-state index in [0.29, 0.717) is 60.6 Å². The second-order valence-corrected chi connectivity index (χ2v) is 9.49. The third-order valence-electron chi connectivity index (χ3n) is 6.77. The molecule has 0 bridgehead atoms. The first-order valence-electron chi connectivity index (χ1n) is 13.5. The van der Waals surface area contributed by atoms with Crippen molar-refractivity contribution in [2.75, 3.05) is 26.4 Å². The van der Waals surface area contributed by atoms with Gasteiger partial charge in [-0.15, -0.1) is 0 Å². The lowest BCUT2D eigenvalue weighted by molar-refractivity contribution is -0.140. The fourth-order valence-electron chi connectivity index (χ4n) is 4.83. The summed E-state index contributed by atoms with van der Waals surface area (Å²) in [5.74, 6) is 0.310. The number of hydrogen-bond donors (Lipinski definition) is 1. The normalized spacial score (nSPS) is 17.6. The molecular formula is C31H32N2O7. The molecule has 5 rings (SSSR count). The Hall–Kier alpha value is -4.53. The minimum atomic E-state index is -0.877. The van der Waals surface area contributed by atoms with Crippen LogP contribution in [0, 0.1) is 0 Å². The van der Waals surface area contributed by atoms with Gasteiger partial charge in [-0.3, -0.25) is 14.6 Å². The molecule has 0 spiro atoms. The standard InChI is InChI=1S/C31H32N2O7/c1-3-5-13-38-23-10-8-21(16-25(23)37-4-2)28-27(29(34)22-9-11-24-26(17-22)40-15-14-39-24)30(35)31(36)33(28)19-20-7-6-12-32-18-20/h6-12,16-18,28,34H,3-5,13-15,19H2,1-2H3/t28-/m0/s1. The van der Waals surface area contributed by atoms with Crippen molar-refractivity contribution in [2.24, 2.45) is 0 Å². The monoisotopic (exact) mass is 544 g/mol. The van der Waals surface area contributed by atoms with Crippen LogP contribution in [0.5, 0.6) is 23.0 Å². The van der Waals surface area contributed by atoms with E-state index < -0.39 is 17.7 Å². The summed E-state index contributed by atoms with van der Waals surface area (Å²) in [6.07, 6.45) is 5.18. The summed E-state index contributed by atoms with van der Waals surface area (Å²) in [5, 5.41) is 11.5. The summed E-state index contributed by atoms with van der Waals surface area (Å²) in [7, 11) is 0. The number of likely N-dealkylation sites (tertiary alicyclic amines) is 1. The number of aliphatic hydroxyl groups excluding tert-OH is 1. The van der Waals surface area contributed by atoms with Crippen LogP contribution in [0.2, 0.25) is 0 Å². The number of fused-ring (bicyclic) bond motifs is 1. The molecule has 1 saturated heterocycles. The molecule has 40 heavy (non-hydrogen) atoms. The van der Waals surface area contributed by atoms with Crippen molar-refractivity contribution in [3.8, 4) is 23.0 Å². The number of amides is 1. The third-order valence-corrected chi connectivity index (χ3v) is 6.77. The number of aromatic nitrogens is 1. The molecule has 2 aromatic carbocycles. The Morgan fingerprint density at radius 2 is 1.85 bits per heavy atom. The molecule has 2 aliphatic rings. The molecule has 0 aliphatic carbocycles. The summed E-state index contributed by atoms with van der Waals surface area (Å²) >= 11 is 0. The molecule has 0 unspecified atom stereocenters. The van der Waals surface area contributed by atoms with Gasteiger partial charge in [-0.05, 0) is 60.9 Å². The molecule has 3 heterocycles. The molecule has 1 atom stereocenters. The van der Waals surface area contributed by atoms with Gasteiger partial charge < -0.3 is 29.0 Å². The number of pyridine rings is 1. The molecule has 1 N–H and O–H groups in total. The van der Waals surface area contributed by atoms with E-state index in [9.17, 15) is 14.7 Å². The summed E-state index contributed by atoms with van der Waals surface area (Å²) in [4.78, 5) is 32.5. The highest BCUT2D eigenvalue weighted by Crippen LogP contribution is 2.43. The number of Topliss-reactive ketones (excluding diaryl/α,β-unsaturated/α-hetero) is 1. The molecule has 2 aliphatic heterocycles. The molecular weight excluding hydrogens is 512 g/mol. The van der Waals surface area contributed by atoms with E-state index in [-0.39, 0.29) is 17.9 Å². The van der Waals surface area contributed by atoms with Gasteiger partial charge in [-0.25, -0.2) is 0 Å². The zero-order valence-corrected chi connectivity index (χ0v) is 22.6. The molecule has 9 nitrogen and oxygen atoms in total. The Morgan fingerprint density at radius 3 is 2.60 bits per heavy atom. The minimum Gasteiger partial charge on any atom is -0.507 e. The minimum absolute atomic E-state index is 0.0207. The van der Waals surface area contributed by atoms with Gasteiger partial charge in [0.2, 0.25) is 0 Å². The predicted octanol–water partition coefficient (Wildman–Crippen LogP) is 5.05. The van der Waals surface area contributed by atoms with E-state index in [4.69, 9.17) is 18.9 Å². The van der Waals surface area contributed by atoms with Gasteiger partial charge in [0.25, 0.3) is 11.7 Å². The van der Waals surface area contributed by atoms with Gasteiger partial charge in [-0.1, -0.05) is 25.5 Å². The van der Waals surface area contributed by atoms with Crippen LogP contribution in [0.15, 0.2) is 66.5 Å². The van der Waals surface area contributed by atoms with Gasteiger partial charge in [0.1, 0.15) is 19.0 Å². The van der Waals surface area contributed by atoms with Gasteiger partial charge in [-0.2, -0.15) is 0 Å². The second kappa shape index (κ2) is 12.1. The number of carbonyl (C=O) groups is 2. The lowest BCUT2D eigenvalue weighted by Crippen LogP contribution is -2.29. The van der Waals surface area contributed by atoms with Crippen LogP contribution in [0.3, 0.4) is 0 Å². The Bertz CT molecular complexity index is 1420. The maximum Gasteiger partial charge on any atom is 0.295 e. The Kier molecular flexibility index (Phi) is 8.19. The van der Waals surface area contributed by atoms with Crippen molar-refractivity contribution in [1.82, 2.24) is 9.88 Å². The predicted molar refractivity (Wildman–Crippen MR) is 148 cm³/mol. The summed E-state index contributed by atoms with van der Waals surface area (Å²) < 4.78 is 23.1. The van der Waals surface area contributed by atoms with Crippen LogP contribution in [0.25, 0.3) is 5.76 Å². The van der Waals surface area contributed by atoms with Crippen LogP contribution >= 0.6 is 0 Å². The van der Waals surface area contributed by atoms with E-state index in [1.54, 1.807) is 54.9 Å². The average molecular weight is 545 g/mol. The van der Waals surface area contributed by atoms with Crippen molar-refractivity contribution in [1.29, 1.82) is 0 Å². The highest BCUT2D eigenvalue weighted by molar-refractivity contribution is 6.46. The van der Waals surface area contributed by atoms with E-state index in [0.717, 1.165) is 18.4 Å². The van der Waals surface area contributed by atoms with Gasteiger partial charge in [0.05, 0.1) is 24.8 Å². The maximum atomic E-state index is 13.5.